The Bertz CT molecular complexity index is 361. The van der Waals surface area contributed by atoms with Gasteiger partial charge in [-0.1, -0.05) is 17.7 Å². The lowest BCUT2D eigenvalue weighted by Gasteiger charge is -2.05. The monoisotopic (exact) mass is 238 g/mol. The minimum Gasteiger partial charge on any atom is -0.481 e. The number of carboxylic acids is 1. The van der Waals surface area contributed by atoms with Crippen LogP contribution in [0.3, 0.4) is 0 Å². The Morgan fingerprint density at radius 1 is 1.31 bits per heavy atom. The summed E-state index contributed by atoms with van der Waals surface area (Å²) in [4.78, 5) is 11.6. The normalized spacial score (nSPS) is 10.4. The van der Waals surface area contributed by atoms with Crippen LogP contribution in [-0.4, -0.2) is 16.8 Å². The molecule has 0 aliphatic carbocycles. The maximum Gasteiger partial charge on any atom is 0.303 e. The number of carboxylic acid groups (broad SMARTS) is 1. The Hall–Kier alpha value is -0.960. The van der Waals surface area contributed by atoms with Crippen LogP contribution < -0.4 is 0 Å². The Morgan fingerprint density at radius 3 is 2.69 bits per heavy atom. The van der Waals surface area contributed by atoms with Gasteiger partial charge < -0.3 is 5.11 Å². The lowest BCUT2D eigenvalue weighted by atomic mass is 10.2. The van der Waals surface area contributed by atoms with E-state index in [4.69, 9.17) is 5.11 Å². The van der Waals surface area contributed by atoms with Crippen molar-refractivity contribution >= 4 is 17.7 Å². The molecule has 16 heavy (non-hydrogen) atoms. The van der Waals surface area contributed by atoms with Crippen molar-refractivity contribution in [2.45, 2.75) is 38.0 Å². The van der Waals surface area contributed by atoms with Crippen molar-refractivity contribution in [3.05, 3.63) is 29.3 Å². The first kappa shape index (κ1) is 13.1. The summed E-state index contributed by atoms with van der Waals surface area (Å²) in [6, 6.07) is 6.44. The molecule has 0 aliphatic heterocycles. The first-order chi connectivity index (χ1) is 7.59. The van der Waals surface area contributed by atoms with Gasteiger partial charge >= 0.3 is 5.97 Å². The highest BCUT2D eigenvalue weighted by atomic mass is 32.2. The van der Waals surface area contributed by atoms with Crippen molar-refractivity contribution in [3.8, 4) is 0 Å². The van der Waals surface area contributed by atoms with Crippen molar-refractivity contribution < 1.29 is 9.90 Å². The van der Waals surface area contributed by atoms with E-state index in [-0.39, 0.29) is 6.42 Å². The summed E-state index contributed by atoms with van der Waals surface area (Å²) >= 11 is 1.81. The van der Waals surface area contributed by atoms with E-state index in [0.29, 0.717) is 0 Å². The third kappa shape index (κ3) is 4.71. The predicted molar refractivity (Wildman–Crippen MR) is 68.1 cm³/mol. The molecule has 0 fully saturated rings. The minimum atomic E-state index is -0.698. The van der Waals surface area contributed by atoms with Gasteiger partial charge in [-0.2, -0.15) is 0 Å². The maximum absolute atomic E-state index is 10.3. The summed E-state index contributed by atoms with van der Waals surface area (Å²) < 4.78 is 0. The first-order valence-corrected chi connectivity index (χ1v) is 6.50. The third-order valence-corrected chi connectivity index (χ3v) is 3.63. The first-order valence-electron chi connectivity index (χ1n) is 5.51. The van der Waals surface area contributed by atoms with Gasteiger partial charge in [-0.05, 0) is 44.1 Å². The Morgan fingerprint density at radius 2 is 2.06 bits per heavy atom. The van der Waals surface area contributed by atoms with E-state index >= 15 is 0 Å². The topological polar surface area (TPSA) is 37.3 Å². The summed E-state index contributed by atoms with van der Waals surface area (Å²) in [6.07, 6.45) is 2.02. The molecule has 1 aromatic rings. The molecule has 0 heterocycles. The van der Waals surface area contributed by atoms with Crippen LogP contribution in [0.1, 0.15) is 30.4 Å². The summed E-state index contributed by atoms with van der Waals surface area (Å²) in [7, 11) is 0. The lowest BCUT2D eigenvalue weighted by Crippen LogP contribution is -1.94. The predicted octanol–water partition coefficient (Wildman–Crippen LogP) is 3.65. The van der Waals surface area contributed by atoms with Crippen molar-refractivity contribution in [1.29, 1.82) is 0 Å². The lowest BCUT2D eigenvalue weighted by molar-refractivity contribution is -0.137. The van der Waals surface area contributed by atoms with Crippen molar-refractivity contribution in [2.75, 3.05) is 5.75 Å². The molecule has 0 unspecified atom stereocenters. The highest BCUT2D eigenvalue weighted by Crippen LogP contribution is 2.24. The third-order valence-electron chi connectivity index (χ3n) is 2.37. The van der Waals surface area contributed by atoms with Crippen LogP contribution in [0.25, 0.3) is 0 Å². The average molecular weight is 238 g/mol. The molecule has 3 heteroatoms. The zero-order valence-corrected chi connectivity index (χ0v) is 10.6. The van der Waals surface area contributed by atoms with E-state index in [1.165, 1.54) is 16.0 Å². The summed E-state index contributed by atoms with van der Waals surface area (Å²) in [5, 5.41) is 8.50. The summed E-state index contributed by atoms with van der Waals surface area (Å²) in [5.74, 6) is 0.300. The average Bonchev–Trinajstić information content (AvgIpc) is 2.20. The van der Waals surface area contributed by atoms with E-state index in [1.54, 1.807) is 0 Å². The second kappa shape index (κ2) is 6.59. The van der Waals surface area contributed by atoms with Gasteiger partial charge in [0.2, 0.25) is 0 Å². The summed E-state index contributed by atoms with van der Waals surface area (Å²) in [5.41, 5.74) is 2.59. The van der Waals surface area contributed by atoms with Gasteiger partial charge in [0.15, 0.2) is 0 Å². The molecule has 0 saturated carbocycles. The number of aliphatic carboxylic acids is 1. The zero-order valence-electron chi connectivity index (χ0n) is 9.82. The highest BCUT2D eigenvalue weighted by Gasteiger charge is 2.00. The van der Waals surface area contributed by atoms with Crippen molar-refractivity contribution in [2.24, 2.45) is 0 Å². The van der Waals surface area contributed by atoms with Crippen molar-refractivity contribution in [3.63, 3.8) is 0 Å². The van der Waals surface area contributed by atoms with Gasteiger partial charge in [-0.3, -0.25) is 4.79 Å². The van der Waals surface area contributed by atoms with Gasteiger partial charge in [-0.25, -0.2) is 0 Å². The van der Waals surface area contributed by atoms with E-state index in [9.17, 15) is 4.79 Å². The highest BCUT2D eigenvalue weighted by molar-refractivity contribution is 7.99. The van der Waals surface area contributed by atoms with Gasteiger partial charge in [0, 0.05) is 11.3 Å². The number of rotatable bonds is 6. The molecule has 88 valence electrons. The quantitative estimate of drug-likeness (QED) is 0.607. The van der Waals surface area contributed by atoms with Crippen molar-refractivity contribution in [1.82, 2.24) is 0 Å². The van der Waals surface area contributed by atoms with Crippen LogP contribution in [0.2, 0.25) is 0 Å². The molecule has 0 spiro atoms. The fraction of sp³-hybridized carbons (Fsp3) is 0.462. The molecular formula is C13H18O2S. The minimum absolute atomic E-state index is 0.285. The van der Waals surface area contributed by atoms with Gasteiger partial charge in [0.1, 0.15) is 0 Å². The molecule has 0 radical (unpaired) electrons. The second-order valence-electron chi connectivity index (χ2n) is 3.97. The number of benzene rings is 1. The molecule has 2 nitrogen and oxygen atoms in total. The van der Waals surface area contributed by atoms with Crippen LogP contribution in [0, 0.1) is 13.8 Å². The number of thioether (sulfide) groups is 1. The molecule has 0 aromatic heterocycles. The van der Waals surface area contributed by atoms with Gasteiger partial charge in [-0.15, -0.1) is 11.8 Å². The van der Waals surface area contributed by atoms with Crippen LogP contribution in [0.5, 0.6) is 0 Å². The molecule has 0 atom stereocenters. The zero-order chi connectivity index (χ0) is 12.0. The number of carbonyl (C=O) groups is 1. The maximum atomic E-state index is 10.3. The molecule has 1 aromatic carbocycles. The SMILES string of the molecule is Cc1ccc(SCCCCC(=O)O)c(C)c1. The number of hydrogen-bond donors (Lipinski definition) is 1. The van der Waals surface area contributed by atoms with Gasteiger partial charge in [0.25, 0.3) is 0 Å². The molecule has 0 aliphatic rings. The molecule has 0 bridgehead atoms. The fourth-order valence-electron chi connectivity index (χ4n) is 1.52. The van der Waals surface area contributed by atoms with Crippen LogP contribution in [-0.2, 0) is 4.79 Å². The van der Waals surface area contributed by atoms with E-state index < -0.39 is 5.97 Å². The Kier molecular flexibility index (Phi) is 5.39. The smallest absolute Gasteiger partial charge is 0.303 e. The van der Waals surface area contributed by atoms with Crippen LogP contribution >= 0.6 is 11.8 Å². The molecule has 0 amide bonds. The van der Waals surface area contributed by atoms with E-state index in [0.717, 1.165) is 18.6 Å². The van der Waals surface area contributed by atoms with E-state index in [1.807, 2.05) is 11.8 Å². The largest absolute Gasteiger partial charge is 0.481 e. The fourth-order valence-corrected chi connectivity index (χ4v) is 2.54. The van der Waals surface area contributed by atoms with E-state index in [2.05, 4.69) is 32.0 Å². The number of unbranched alkanes of at least 4 members (excludes halogenated alkanes) is 1. The molecule has 1 rings (SSSR count). The Balaban J connectivity index is 2.29. The second-order valence-corrected chi connectivity index (χ2v) is 5.11. The molecular weight excluding hydrogens is 220 g/mol. The molecule has 0 saturated heterocycles. The number of hydrogen-bond acceptors (Lipinski definition) is 2. The standard InChI is InChI=1S/C13H18O2S/c1-10-6-7-12(11(2)9-10)16-8-4-3-5-13(14)15/h6-7,9H,3-5,8H2,1-2H3,(H,14,15). The number of aryl methyl sites for hydroxylation is 2. The van der Waals surface area contributed by atoms with Crippen LogP contribution in [0.4, 0.5) is 0 Å². The Labute approximate surface area is 101 Å². The van der Waals surface area contributed by atoms with Crippen LogP contribution in [0.15, 0.2) is 23.1 Å². The molecule has 1 N–H and O–H groups in total. The summed E-state index contributed by atoms with van der Waals surface area (Å²) in [6.45, 7) is 4.21. The van der Waals surface area contributed by atoms with Gasteiger partial charge in [0.05, 0.1) is 0 Å².